The molecule has 0 saturated carbocycles. The third-order valence-corrected chi connectivity index (χ3v) is 4.17. The average Bonchev–Trinajstić information content (AvgIpc) is 2.59. The Labute approximate surface area is 156 Å². The van der Waals surface area contributed by atoms with Gasteiger partial charge in [0.15, 0.2) is 22.2 Å². The molecule has 0 fully saturated rings. The molecule has 0 radical (unpaired) electrons. The third-order valence-electron chi connectivity index (χ3n) is 3.26. The summed E-state index contributed by atoms with van der Waals surface area (Å²) in [7, 11) is -3.13. The van der Waals surface area contributed by atoms with Gasteiger partial charge in [-0.15, -0.1) is 0 Å². The van der Waals surface area contributed by atoms with Crippen LogP contribution in [0.15, 0.2) is 48.5 Å². The topological polar surface area (TPSA) is 125 Å². The van der Waals surface area contributed by atoms with Crippen molar-refractivity contribution in [2.75, 3.05) is 30.5 Å². The Morgan fingerprint density at radius 3 is 2.59 bits per heavy atom. The number of ether oxygens (including phenoxy) is 2. The number of anilines is 1. The van der Waals surface area contributed by atoms with Gasteiger partial charge >= 0.3 is 5.69 Å². The van der Waals surface area contributed by atoms with E-state index in [9.17, 15) is 23.3 Å². The number of amides is 1. The molecule has 27 heavy (non-hydrogen) atoms. The van der Waals surface area contributed by atoms with Gasteiger partial charge in [-0.25, -0.2) is 8.42 Å². The van der Waals surface area contributed by atoms with Crippen molar-refractivity contribution in [3.05, 3.63) is 58.6 Å². The van der Waals surface area contributed by atoms with Gasteiger partial charge in [0.1, 0.15) is 12.4 Å². The Hall–Kier alpha value is -3.14. The smallest absolute Gasteiger partial charge is 0.310 e. The first-order valence-corrected chi connectivity index (χ1v) is 9.87. The summed E-state index contributed by atoms with van der Waals surface area (Å²) in [5.74, 6) is -0.235. The van der Waals surface area contributed by atoms with Crippen molar-refractivity contribution >= 4 is 27.1 Å². The molecule has 9 nitrogen and oxygen atoms in total. The summed E-state index contributed by atoms with van der Waals surface area (Å²) in [6, 6.07) is 12.2. The molecule has 0 aliphatic heterocycles. The maximum atomic E-state index is 12.0. The van der Waals surface area contributed by atoms with Gasteiger partial charge in [0.05, 0.1) is 10.7 Å². The summed E-state index contributed by atoms with van der Waals surface area (Å²) < 4.78 is 32.7. The van der Waals surface area contributed by atoms with E-state index in [0.29, 0.717) is 11.4 Å². The highest BCUT2D eigenvalue weighted by atomic mass is 32.2. The van der Waals surface area contributed by atoms with E-state index < -0.39 is 27.3 Å². The number of nitrogens with zero attached hydrogens (tertiary/aromatic N) is 1. The molecule has 0 aromatic heterocycles. The van der Waals surface area contributed by atoms with Crippen molar-refractivity contribution in [3.63, 3.8) is 0 Å². The molecule has 0 unspecified atom stereocenters. The summed E-state index contributed by atoms with van der Waals surface area (Å²) in [5.41, 5.74) is 0.189. The number of nitro groups is 1. The number of para-hydroxylation sites is 2. The number of rotatable bonds is 9. The number of nitro benzene ring substituents is 1. The minimum atomic E-state index is -3.13. The number of hydrogen-bond donors (Lipinski definition) is 1. The molecule has 144 valence electrons. The summed E-state index contributed by atoms with van der Waals surface area (Å²) in [5, 5.41) is 13.5. The molecule has 1 N–H and O–H groups in total. The average molecular weight is 394 g/mol. The van der Waals surface area contributed by atoms with Crippen LogP contribution < -0.4 is 14.8 Å². The van der Waals surface area contributed by atoms with E-state index in [1.165, 1.54) is 24.3 Å². The summed E-state index contributed by atoms with van der Waals surface area (Å²) in [6.07, 6.45) is 1.12. The second-order valence-corrected chi connectivity index (χ2v) is 7.83. The maximum Gasteiger partial charge on any atom is 0.310 e. The molecule has 2 aromatic rings. The van der Waals surface area contributed by atoms with Crippen molar-refractivity contribution in [2.24, 2.45) is 0 Å². The maximum absolute atomic E-state index is 12.0. The van der Waals surface area contributed by atoms with Gasteiger partial charge in [-0.1, -0.05) is 18.2 Å². The Kier molecular flexibility index (Phi) is 6.72. The van der Waals surface area contributed by atoms with Crippen LogP contribution in [0.2, 0.25) is 0 Å². The molecule has 0 aliphatic carbocycles. The SMILES string of the molecule is CS(=O)(=O)CCOc1cccc(NC(=O)COc2ccccc2[N+](=O)[O-])c1. The molecule has 2 aromatic carbocycles. The molecular formula is C17H18N2O7S. The Morgan fingerprint density at radius 1 is 1.15 bits per heavy atom. The lowest BCUT2D eigenvalue weighted by Gasteiger charge is -2.10. The number of carbonyl (C=O) groups excluding carboxylic acids is 1. The van der Waals surface area contributed by atoms with Gasteiger partial charge in [-0.3, -0.25) is 14.9 Å². The van der Waals surface area contributed by atoms with Crippen LogP contribution in [0, 0.1) is 10.1 Å². The first-order chi connectivity index (χ1) is 12.7. The fourth-order valence-electron chi connectivity index (χ4n) is 2.04. The summed E-state index contributed by atoms with van der Waals surface area (Å²) in [6.45, 7) is -0.416. The lowest BCUT2D eigenvalue weighted by atomic mass is 10.3. The standard InChI is InChI=1S/C17H18N2O7S/c1-27(23,24)10-9-25-14-6-4-5-13(11-14)18-17(20)12-26-16-8-3-2-7-15(16)19(21)22/h2-8,11H,9-10,12H2,1H3,(H,18,20). The zero-order chi connectivity index (χ0) is 19.9. The van der Waals surface area contributed by atoms with Gasteiger partial charge in [0.2, 0.25) is 0 Å². The van der Waals surface area contributed by atoms with Gasteiger partial charge < -0.3 is 14.8 Å². The minimum absolute atomic E-state index is 0.00296. The second kappa shape index (κ2) is 8.99. The van der Waals surface area contributed by atoms with E-state index in [1.54, 1.807) is 24.3 Å². The zero-order valence-electron chi connectivity index (χ0n) is 14.5. The number of hydrogen-bond acceptors (Lipinski definition) is 7. The first-order valence-electron chi connectivity index (χ1n) is 7.81. The highest BCUT2D eigenvalue weighted by molar-refractivity contribution is 7.90. The lowest BCUT2D eigenvalue weighted by Crippen LogP contribution is -2.20. The van der Waals surface area contributed by atoms with Gasteiger partial charge in [-0.05, 0) is 18.2 Å². The van der Waals surface area contributed by atoms with Crippen LogP contribution in [-0.4, -0.2) is 44.5 Å². The molecule has 2 rings (SSSR count). The number of carbonyl (C=O) groups is 1. The van der Waals surface area contributed by atoms with Crippen LogP contribution in [0.3, 0.4) is 0 Å². The zero-order valence-corrected chi connectivity index (χ0v) is 15.3. The normalized spacial score (nSPS) is 10.9. The molecule has 0 aliphatic rings. The highest BCUT2D eigenvalue weighted by Crippen LogP contribution is 2.25. The van der Waals surface area contributed by atoms with E-state index in [4.69, 9.17) is 9.47 Å². The van der Waals surface area contributed by atoms with Gasteiger partial charge in [0, 0.05) is 24.1 Å². The summed E-state index contributed by atoms with van der Waals surface area (Å²) in [4.78, 5) is 22.3. The van der Waals surface area contributed by atoms with Crippen LogP contribution >= 0.6 is 0 Å². The third kappa shape index (κ3) is 6.94. The highest BCUT2D eigenvalue weighted by Gasteiger charge is 2.15. The molecule has 0 spiro atoms. The van der Waals surface area contributed by atoms with E-state index in [2.05, 4.69) is 5.32 Å². The molecule has 0 bridgehead atoms. The molecule has 0 heterocycles. The van der Waals surface area contributed by atoms with Crippen molar-refractivity contribution < 1.29 is 27.6 Å². The minimum Gasteiger partial charge on any atom is -0.492 e. The van der Waals surface area contributed by atoms with Crippen LogP contribution in [0.4, 0.5) is 11.4 Å². The predicted molar refractivity (Wildman–Crippen MR) is 98.9 cm³/mol. The molecular weight excluding hydrogens is 376 g/mol. The number of nitrogens with one attached hydrogen (secondary N) is 1. The van der Waals surface area contributed by atoms with Crippen LogP contribution in [-0.2, 0) is 14.6 Å². The molecule has 1 amide bonds. The lowest BCUT2D eigenvalue weighted by molar-refractivity contribution is -0.385. The van der Waals surface area contributed by atoms with E-state index in [-0.39, 0.29) is 23.8 Å². The number of benzene rings is 2. The first kappa shape index (κ1) is 20.2. The number of sulfone groups is 1. The van der Waals surface area contributed by atoms with E-state index >= 15 is 0 Å². The van der Waals surface area contributed by atoms with E-state index in [1.807, 2.05) is 0 Å². The predicted octanol–water partition coefficient (Wildman–Crippen LogP) is 2.04. The molecule has 0 saturated heterocycles. The Bertz CT molecular complexity index is 928. The molecule has 10 heteroatoms. The van der Waals surface area contributed by atoms with Crippen molar-refractivity contribution in [1.29, 1.82) is 0 Å². The Morgan fingerprint density at radius 2 is 1.89 bits per heavy atom. The molecule has 0 atom stereocenters. The Balaban J connectivity index is 1.91. The quantitative estimate of drug-likeness (QED) is 0.509. The summed E-state index contributed by atoms with van der Waals surface area (Å²) >= 11 is 0. The monoisotopic (exact) mass is 394 g/mol. The van der Waals surface area contributed by atoms with Crippen LogP contribution in [0.25, 0.3) is 0 Å². The second-order valence-electron chi connectivity index (χ2n) is 5.57. The van der Waals surface area contributed by atoms with Gasteiger partial charge in [0.25, 0.3) is 5.91 Å². The van der Waals surface area contributed by atoms with Crippen molar-refractivity contribution in [3.8, 4) is 11.5 Å². The fourth-order valence-corrected chi connectivity index (χ4v) is 2.43. The van der Waals surface area contributed by atoms with E-state index in [0.717, 1.165) is 6.26 Å². The van der Waals surface area contributed by atoms with Crippen LogP contribution in [0.1, 0.15) is 0 Å². The largest absolute Gasteiger partial charge is 0.492 e. The van der Waals surface area contributed by atoms with Crippen LogP contribution in [0.5, 0.6) is 11.5 Å². The fraction of sp³-hybridized carbons (Fsp3) is 0.235. The van der Waals surface area contributed by atoms with Gasteiger partial charge in [-0.2, -0.15) is 0 Å². The van der Waals surface area contributed by atoms with Crippen molar-refractivity contribution in [2.45, 2.75) is 0 Å². The van der Waals surface area contributed by atoms with Crippen molar-refractivity contribution in [1.82, 2.24) is 0 Å².